The highest BCUT2D eigenvalue weighted by Gasteiger charge is 2.25. The Labute approximate surface area is 166 Å². The van der Waals surface area contributed by atoms with Gasteiger partial charge in [0.15, 0.2) is 0 Å². The van der Waals surface area contributed by atoms with Crippen LogP contribution in [-0.4, -0.2) is 45.9 Å². The lowest BCUT2D eigenvalue weighted by Gasteiger charge is -2.19. The molecule has 2 aromatic rings. The molecule has 0 aliphatic carbocycles. The van der Waals surface area contributed by atoms with Crippen LogP contribution < -0.4 is 0 Å². The topological polar surface area (TPSA) is 90.0 Å². The van der Waals surface area contributed by atoms with Crippen LogP contribution in [0.15, 0.2) is 51.8 Å². The minimum Gasteiger partial charge on any atom is -0.465 e. The van der Waals surface area contributed by atoms with E-state index in [0.29, 0.717) is 0 Å². The minimum absolute atomic E-state index is 0.0618. The molecule has 0 bridgehead atoms. The van der Waals surface area contributed by atoms with E-state index in [1.54, 1.807) is 12.1 Å². The van der Waals surface area contributed by atoms with Crippen molar-refractivity contribution in [1.29, 1.82) is 0 Å². The van der Waals surface area contributed by atoms with Gasteiger partial charge in [-0.15, -0.1) is 0 Å². The zero-order valence-electron chi connectivity index (χ0n) is 14.9. The van der Waals surface area contributed by atoms with E-state index in [2.05, 4.69) is 25.4 Å². The third-order valence-corrected chi connectivity index (χ3v) is 6.36. The van der Waals surface area contributed by atoms with Crippen molar-refractivity contribution in [3.8, 4) is 0 Å². The summed E-state index contributed by atoms with van der Waals surface area (Å²) < 4.78 is 37.1. The first-order valence-corrected chi connectivity index (χ1v) is 9.95. The Balaban J connectivity index is 2.48. The van der Waals surface area contributed by atoms with Gasteiger partial charge in [-0.05, 0) is 29.8 Å². The monoisotopic (exact) mass is 455 g/mol. The SMILES string of the molecule is COC(=O)c1cc(C(=O)OC)cc(S(=O)(=O)N(C)Cc2ccccc2Br)c1. The summed E-state index contributed by atoms with van der Waals surface area (Å²) in [4.78, 5) is 23.5. The van der Waals surface area contributed by atoms with Crippen LogP contribution in [0.3, 0.4) is 0 Å². The van der Waals surface area contributed by atoms with E-state index in [9.17, 15) is 18.0 Å². The molecule has 0 atom stereocenters. The molecule has 0 heterocycles. The summed E-state index contributed by atoms with van der Waals surface area (Å²) in [5, 5.41) is 0. The lowest BCUT2D eigenvalue weighted by molar-refractivity contribution is 0.0598. The number of esters is 2. The van der Waals surface area contributed by atoms with Gasteiger partial charge in [0.25, 0.3) is 0 Å². The molecule has 0 fully saturated rings. The predicted molar refractivity (Wildman–Crippen MR) is 102 cm³/mol. The smallest absolute Gasteiger partial charge is 0.337 e. The van der Waals surface area contributed by atoms with Crippen LogP contribution in [0.2, 0.25) is 0 Å². The number of rotatable bonds is 6. The Hall–Kier alpha value is -2.23. The van der Waals surface area contributed by atoms with Crippen molar-refractivity contribution in [2.45, 2.75) is 11.4 Å². The van der Waals surface area contributed by atoms with Gasteiger partial charge < -0.3 is 9.47 Å². The fourth-order valence-electron chi connectivity index (χ4n) is 2.35. The lowest BCUT2D eigenvalue weighted by Crippen LogP contribution is -2.27. The second-order valence-corrected chi connectivity index (χ2v) is 8.48. The molecule has 0 saturated carbocycles. The van der Waals surface area contributed by atoms with Crippen LogP contribution in [-0.2, 0) is 26.0 Å². The third-order valence-electron chi connectivity index (χ3n) is 3.81. The van der Waals surface area contributed by atoms with Gasteiger partial charge in [0.1, 0.15) is 0 Å². The van der Waals surface area contributed by atoms with Gasteiger partial charge in [0, 0.05) is 18.1 Å². The summed E-state index contributed by atoms with van der Waals surface area (Å²) in [5.74, 6) is -1.52. The standard InChI is InChI=1S/C18H18BrNO6S/c1-20(11-12-6-4-5-7-16(12)19)27(23,24)15-9-13(17(21)25-2)8-14(10-15)18(22)26-3/h4-10H,11H2,1-3H3. The minimum atomic E-state index is -3.99. The fourth-order valence-corrected chi connectivity index (χ4v) is 3.98. The molecule has 9 heteroatoms. The van der Waals surface area contributed by atoms with Crippen molar-refractivity contribution in [1.82, 2.24) is 4.31 Å². The Morgan fingerprint density at radius 1 is 1.00 bits per heavy atom. The maximum atomic E-state index is 13.0. The van der Waals surface area contributed by atoms with Gasteiger partial charge in [-0.2, -0.15) is 4.31 Å². The molecule has 0 aliphatic heterocycles. The highest BCUT2D eigenvalue weighted by atomic mass is 79.9. The number of nitrogens with zero attached hydrogens (tertiary/aromatic N) is 1. The van der Waals surface area contributed by atoms with E-state index in [-0.39, 0.29) is 22.6 Å². The molecule has 7 nitrogen and oxygen atoms in total. The van der Waals surface area contributed by atoms with Gasteiger partial charge in [-0.1, -0.05) is 34.1 Å². The van der Waals surface area contributed by atoms with Gasteiger partial charge in [-0.3, -0.25) is 0 Å². The molecule has 0 radical (unpaired) electrons. The number of hydrogen-bond donors (Lipinski definition) is 0. The summed E-state index contributed by atoms with van der Waals surface area (Å²) in [6.07, 6.45) is 0. The largest absolute Gasteiger partial charge is 0.465 e. The highest BCUT2D eigenvalue weighted by Crippen LogP contribution is 2.24. The molecule has 0 spiro atoms. The Kier molecular flexibility index (Phi) is 6.74. The number of hydrogen-bond acceptors (Lipinski definition) is 6. The molecular weight excluding hydrogens is 438 g/mol. The van der Waals surface area contributed by atoms with Gasteiger partial charge in [0.2, 0.25) is 10.0 Å². The van der Waals surface area contributed by atoms with Crippen LogP contribution in [0.1, 0.15) is 26.3 Å². The number of carbonyl (C=O) groups excluding carboxylic acids is 2. The van der Waals surface area contributed by atoms with E-state index in [4.69, 9.17) is 0 Å². The molecule has 0 saturated heterocycles. The average molecular weight is 456 g/mol. The number of halogens is 1. The summed E-state index contributed by atoms with van der Waals surface area (Å²) in [7, 11) is -0.237. The number of ether oxygens (including phenoxy) is 2. The average Bonchev–Trinajstić information content (AvgIpc) is 2.67. The Bertz CT molecular complexity index is 939. The zero-order chi connectivity index (χ0) is 20.2. The molecule has 0 aliphatic rings. The fraction of sp³-hybridized carbons (Fsp3) is 0.222. The molecule has 0 N–H and O–H groups in total. The summed E-state index contributed by atoms with van der Waals surface area (Å²) >= 11 is 3.38. The quantitative estimate of drug-likeness (QED) is 0.622. The Morgan fingerprint density at radius 2 is 1.52 bits per heavy atom. The third kappa shape index (κ3) is 4.74. The number of methoxy groups -OCH3 is 2. The van der Waals surface area contributed by atoms with E-state index < -0.39 is 22.0 Å². The summed E-state index contributed by atoms with van der Waals surface area (Å²) in [6, 6.07) is 10.8. The van der Waals surface area contributed by atoms with E-state index in [1.165, 1.54) is 39.5 Å². The summed E-state index contributed by atoms with van der Waals surface area (Å²) in [6.45, 7) is 0.0970. The second-order valence-electron chi connectivity index (χ2n) is 5.58. The molecule has 0 aromatic heterocycles. The summed E-state index contributed by atoms with van der Waals surface area (Å²) in [5.41, 5.74) is 0.641. The predicted octanol–water partition coefficient (Wildman–Crippen LogP) is 2.84. The normalized spacial score (nSPS) is 11.3. The van der Waals surface area contributed by atoms with Crippen molar-refractivity contribution in [2.75, 3.05) is 21.3 Å². The zero-order valence-corrected chi connectivity index (χ0v) is 17.3. The van der Waals surface area contributed by atoms with Crippen molar-refractivity contribution < 1.29 is 27.5 Å². The molecule has 2 rings (SSSR count). The van der Waals surface area contributed by atoms with Crippen LogP contribution >= 0.6 is 15.9 Å². The first kappa shape index (κ1) is 21.1. The Morgan fingerprint density at radius 3 is 2.00 bits per heavy atom. The lowest BCUT2D eigenvalue weighted by atomic mass is 10.1. The second kappa shape index (κ2) is 8.64. The molecular formula is C18H18BrNO6S. The molecule has 27 heavy (non-hydrogen) atoms. The van der Waals surface area contributed by atoms with Gasteiger partial charge in [0.05, 0.1) is 30.2 Å². The van der Waals surface area contributed by atoms with Crippen molar-refractivity contribution in [2.24, 2.45) is 0 Å². The van der Waals surface area contributed by atoms with E-state index in [0.717, 1.165) is 14.3 Å². The first-order valence-electron chi connectivity index (χ1n) is 7.72. The molecule has 0 unspecified atom stereocenters. The molecule has 0 amide bonds. The van der Waals surface area contributed by atoms with Crippen LogP contribution in [0.5, 0.6) is 0 Å². The van der Waals surface area contributed by atoms with Gasteiger partial charge in [-0.25, -0.2) is 18.0 Å². The molecule has 2 aromatic carbocycles. The van der Waals surface area contributed by atoms with Crippen LogP contribution in [0, 0.1) is 0 Å². The van der Waals surface area contributed by atoms with Gasteiger partial charge >= 0.3 is 11.9 Å². The number of carbonyl (C=O) groups is 2. The van der Waals surface area contributed by atoms with E-state index >= 15 is 0 Å². The van der Waals surface area contributed by atoms with Crippen molar-refractivity contribution in [3.63, 3.8) is 0 Å². The first-order chi connectivity index (χ1) is 12.7. The maximum absolute atomic E-state index is 13.0. The number of benzene rings is 2. The highest BCUT2D eigenvalue weighted by molar-refractivity contribution is 9.10. The maximum Gasteiger partial charge on any atom is 0.337 e. The van der Waals surface area contributed by atoms with Crippen molar-refractivity contribution >= 4 is 37.9 Å². The van der Waals surface area contributed by atoms with E-state index in [1.807, 2.05) is 12.1 Å². The molecule has 144 valence electrons. The number of sulfonamides is 1. The van der Waals surface area contributed by atoms with Crippen LogP contribution in [0.25, 0.3) is 0 Å². The van der Waals surface area contributed by atoms with Crippen LogP contribution in [0.4, 0.5) is 0 Å². The van der Waals surface area contributed by atoms with Crippen molar-refractivity contribution in [3.05, 3.63) is 63.6 Å².